The largest absolute Gasteiger partial charge is 0.461 e. The number of aldehydes is 1. The molecule has 7 saturated heterocycles. The Morgan fingerprint density at radius 1 is 0.507 bits per heavy atom. The van der Waals surface area contributed by atoms with Gasteiger partial charge >= 0.3 is 5.97 Å². The molecule has 1 amide bonds. The molecule has 16 rings (SSSR count). The molecule has 1 N–H and O–H groups in total. The molecule has 150 heavy (non-hydrogen) atoms. The summed E-state index contributed by atoms with van der Waals surface area (Å²) in [5.74, 6) is -0.793. The Morgan fingerprint density at radius 3 is 1.71 bits per heavy atom. The Bertz CT molecular complexity index is 4960. The van der Waals surface area contributed by atoms with Gasteiger partial charge in [-0.1, -0.05) is 296 Å². The van der Waals surface area contributed by atoms with Crippen LogP contribution in [0, 0.1) is 97.6 Å². The maximum Gasteiger partial charge on any atom is 0.306 e. The van der Waals surface area contributed by atoms with Gasteiger partial charge in [-0.05, 0) is 208 Å². The molecule has 836 valence electrons. The van der Waals surface area contributed by atoms with E-state index in [1.165, 1.54) is 6.29 Å². The molecule has 11 fully saturated rings. The quantitative estimate of drug-likeness (QED) is 0.0108. The number of fused-ring (bicyclic) bond motifs is 8. The maximum absolute atomic E-state index is 15.1. The van der Waals surface area contributed by atoms with E-state index in [0.717, 1.165) is 150 Å². The molecular formula is C124H187NO23SSi. The molecule has 26 heteroatoms. The topological polar surface area (TPSA) is 256 Å². The Hall–Kier alpha value is -5.25. The summed E-state index contributed by atoms with van der Waals surface area (Å²) in [6, 6.07) is 42.7. The molecule has 0 radical (unpaired) electrons. The predicted octanol–water partition coefficient (Wildman–Crippen LogP) is 24.4. The molecule has 4 saturated carbocycles. The number of methoxy groups -OCH3 is 1. The van der Waals surface area contributed by atoms with E-state index in [1.807, 2.05) is 131 Å². The number of ketones is 1. The second-order valence-electron chi connectivity index (χ2n) is 49.9. The number of unbranched alkanes of at least 4 members (excludes halogenated alkanes) is 7. The van der Waals surface area contributed by atoms with Gasteiger partial charge in [0.05, 0.1) is 93.8 Å². The minimum absolute atomic E-state index is 0.0119. The van der Waals surface area contributed by atoms with E-state index < -0.39 is 148 Å². The van der Waals surface area contributed by atoms with Gasteiger partial charge in [0.1, 0.15) is 67.2 Å². The van der Waals surface area contributed by atoms with Gasteiger partial charge in [-0.25, -0.2) is 0 Å². The third-order valence-electron chi connectivity index (χ3n) is 39.7. The molecule has 12 aliphatic rings. The van der Waals surface area contributed by atoms with Crippen LogP contribution in [-0.2, 0) is 135 Å². The van der Waals surface area contributed by atoms with Crippen LogP contribution in [0.2, 0.25) is 18.1 Å². The monoisotopic (exact) mass is 2120 g/mol. The van der Waals surface area contributed by atoms with Crippen LogP contribution in [-0.4, -0.2) is 205 Å². The van der Waals surface area contributed by atoms with Gasteiger partial charge in [0.2, 0.25) is 5.91 Å². The Morgan fingerprint density at radius 2 is 1.09 bits per heavy atom. The van der Waals surface area contributed by atoms with Crippen molar-refractivity contribution in [3.63, 3.8) is 0 Å². The highest BCUT2D eigenvalue weighted by Gasteiger charge is 2.72. The zero-order valence-electron chi connectivity index (χ0n) is 95.0. The van der Waals surface area contributed by atoms with Crippen molar-refractivity contribution in [2.45, 2.75) is 466 Å². The highest BCUT2D eigenvalue weighted by atomic mass is 32.2. The molecule has 5 aliphatic carbocycles. The van der Waals surface area contributed by atoms with E-state index in [2.05, 4.69) is 165 Å². The lowest BCUT2D eigenvalue weighted by molar-refractivity contribution is -0.376. The molecule has 7 heterocycles. The first-order valence-electron chi connectivity index (χ1n) is 58.2. The van der Waals surface area contributed by atoms with Crippen molar-refractivity contribution in [3.8, 4) is 0 Å². The number of hydrogen-bond acceptors (Lipinski definition) is 24. The molecule has 4 aromatic carbocycles. The molecule has 0 aromatic heterocycles. The number of benzene rings is 4. The average Bonchev–Trinajstić information content (AvgIpc) is 0.742. The van der Waals surface area contributed by atoms with Crippen molar-refractivity contribution in [1.82, 2.24) is 5.32 Å². The van der Waals surface area contributed by atoms with Gasteiger partial charge < -0.3 is 99.8 Å². The summed E-state index contributed by atoms with van der Waals surface area (Å²) in [6.45, 7) is 51.3. The minimum Gasteiger partial charge on any atom is -0.461 e. The lowest BCUT2D eigenvalue weighted by Crippen LogP contribution is -2.68. The van der Waals surface area contributed by atoms with Gasteiger partial charge in [0, 0.05) is 54.8 Å². The van der Waals surface area contributed by atoms with E-state index in [1.54, 1.807) is 12.5 Å². The van der Waals surface area contributed by atoms with Crippen LogP contribution in [0.25, 0.3) is 0 Å². The van der Waals surface area contributed by atoms with Crippen LogP contribution in [0.4, 0.5) is 0 Å². The van der Waals surface area contributed by atoms with Crippen molar-refractivity contribution < 1.29 is 109 Å². The predicted molar refractivity (Wildman–Crippen MR) is 583 cm³/mol. The van der Waals surface area contributed by atoms with Crippen molar-refractivity contribution in [1.29, 1.82) is 0 Å². The number of carbonyl (C=O) groups excluding carboxylic acids is 4. The highest BCUT2D eigenvalue weighted by molar-refractivity contribution is 7.99. The summed E-state index contributed by atoms with van der Waals surface area (Å²) in [6.07, 6.45) is 7.56. The highest BCUT2D eigenvalue weighted by Crippen LogP contribution is 2.77. The van der Waals surface area contributed by atoms with E-state index in [9.17, 15) is 9.59 Å². The second kappa shape index (κ2) is 51.0. The second-order valence-corrected chi connectivity index (χ2v) is 55.7. The van der Waals surface area contributed by atoms with Gasteiger partial charge in [0.25, 0.3) is 0 Å². The fourth-order valence-electron chi connectivity index (χ4n) is 29.4. The summed E-state index contributed by atoms with van der Waals surface area (Å²) >= 11 is 1.82. The number of nitrogens with one attached hydrogen (secondary N) is 1. The fraction of sp³-hybridized carbons (Fsp3) is 0.758. The van der Waals surface area contributed by atoms with Crippen LogP contribution in [0.5, 0.6) is 0 Å². The number of allylic oxidation sites excluding steroid dienone is 2. The first kappa shape index (κ1) is 117. The van der Waals surface area contributed by atoms with Gasteiger partial charge in [-0.2, -0.15) is 0 Å². The number of carbonyl (C=O) groups is 4. The van der Waals surface area contributed by atoms with E-state index in [4.69, 9.17) is 89.7 Å². The Labute approximate surface area is 903 Å². The van der Waals surface area contributed by atoms with Crippen LogP contribution in [0.15, 0.2) is 133 Å². The van der Waals surface area contributed by atoms with Crippen molar-refractivity contribution >= 4 is 44.0 Å². The standard InChI is InChI=1S/C124H187NO23SSi/c1-24-93-79(7)80(8)106(148-150(25-2,26-3)27-4)114(138-93)145-110-105(142-112-81(9)78(6)77(5)68-135-112)83(11)103(85(13)127)141-115(110)140-98-61-62-120(19)96(121(98,20)75-126)60-63-122(21)97(120)59-58-91-92-66-118(15,16)64-65-124(92,99(130-23)67-123(91,122)22)76-149-117-107(82(10)102(94(139-117)73-131-69-87-48-38-34-39-49-87)125-100(128)56-46-32-30-28-29-31-33-47-57-101(129)133-71-89-52-42-36-43-53-89)143-116-111-109(146-119(17,18)147-111)108(86(14)137-116)144-113-84(12)104(134-72-90-54-44-37-45-55-90)95(74-136-113)132-70-88-50-40-35-41-51-88/h34-45,48-55,58,75,77-84,86,92-99,102-117H,24-33,46-47,56-57,59-74,76H2,1-23H3,(H,125,128)/t77-,78-,79+,80+,81?,82?,83-,84?,86?,92?,93?,94?,95-,96-,97?,98+,99?,102-,103?,104?,105+,106?,107?,108+,109?,110?,111?,112+,113+,114+,115-,116+,117+,120?,121-,122+,123-,124-/m1/s1. The third-order valence-corrected chi connectivity index (χ3v) is 45.7. The molecule has 4 aromatic rings. The summed E-state index contributed by atoms with van der Waals surface area (Å²) in [7, 11) is -0.321. The van der Waals surface area contributed by atoms with E-state index in [0.29, 0.717) is 69.9 Å². The van der Waals surface area contributed by atoms with Crippen molar-refractivity contribution in [2.24, 2.45) is 97.6 Å². The number of amides is 1. The summed E-state index contributed by atoms with van der Waals surface area (Å²) in [5.41, 5.74) is 2.76. The molecule has 24 nitrogen and oxygen atoms in total. The van der Waals surface area contributed by atoms with Gasteiger partial charge in [-0.15, -0.1) is 11.8 Å². The lowest BCUT2D eigenvalue weighted by Gasteiger charge is -2.72. The first-order chi connectivity index (χ1) is 71.8. The van der Waals surface area contributed by atoms with E-state index in [-0.39, 0.29) is 117 Å². The minimum atomic E-state index is -2.28. The fourth-order valence-corrected chi connectivity index (χ4v) is 34.0. The van der Waals surface area contributed by atoms with Crippen LogP contribution in [0.3, 0.4) is 0 Å². The van der Waals surface area contributed by atoms with Crippen LogP contribution < -0.4 is 5.32 Å². The normalized spacial score (nSPS) is 40.2. The zero-order valence-corrected chi connectivity index (χ0v) is 96.8. The zero-order chi connectivity index (χ0) is 107. The van der Waals surface area contributed by atoms with Crippen LogP contribution in [0.1, 0.15) is 303 Å². The van der Waals surface area contributed by atoms with E-state index >= 15 is 9.59 Å². The molecule has 0 bridgehead atoms. The Kier molecular flexibility index (Phi) is 39.8. The number of esters is 1. The summed E-state index contributed by atoms with van der Waals surface area (Å²) in [5, 5.41) is 3.60. The smallest absolute Gasteiger partial charge is 0.306 e. The number of thioether (sulfide) groups is 1. The summed E-state index contributed by atoms with van der Waals surface area (Å²) < 4.78 is 136. The molecule has 38 atom stereocenters. The van der Waals surface area contributed by atoms with Crippen molar-refractivity contribution in [2.75, 3.05) is 32.7 Å². The molecule has 17 unspecified atom stereocenters. The third kappa shape index (κ3) is 25.6. The lowest BCUT2D eigenvalue weighted by atomic mass is 9.33. The first-order valence-corrected chi connectivity index (χ1v) is 61.8. The number of hydrogen-bond donors (Lipinski definition) is 1. The maximum atomic E-state index is 15.1. The SMILES string of the molecule is CCC1O[C@@H](OC2[C@H](O[C@H]3CCC4(C)C5CC=C6C7CC(C)(C)CC[C@]7(CS[C@@H]7OC(COCc8ccccc8)[C@H](NC(=O)CCCCCCCCCCC(=O)OCc8ccccc8)C(C)C7O[C@@H]7OC(C)[C@H](O[C@@H]8OC[C@@H](OCc9ccccc9)C(OCc9ccccc9)C8C)C8OC(C)(C)OC87)C(OC)C[C@@]6(C)[C@@]5(C)CC[C@H]4[C@@]3(C)C=O)OC(C(C)=O)[C@@H](C)[C@@H]2O[C@@H]2OC[C@@H](C)[C@@H](C)C2C)C(O[Si](CC)(CC)CC)[C@@H](C)[C@@H]1C. The van der Waals surface area contributed by atoms with Crippen LogP contribution >= 0.6 is 11.8 Å². The van der Waals surface area contributed by atoms with Gasteiger partial charge in [0.15, 0.2) is 51.3 Å². The summed E-state index contributed by atoms with van der Waals surface area (Å²) in [4.78, 5) is 57.2. The molecule has 7 aliphatic heterocycles. The number of Topliss-reactive ketones (excluding diaryl/α,β-unsaturated/α-hetero) is 1. The number of ether oxygens (including phenoxy) is 18. The molecule has 0 spiro atoms. The average molecular weight is 2120 g/mol. The number of rotatable bonds is 46. The van der Waals surface area contributed by atoms with Gasteiger partial charge in [-0.3, -0.25) is 14.4 Å². The molecular weight excluding hydrogens is 1930 g/mol. The van der Waals surface area contributed by atoms with Crippen molar-refractivity contribution in [3.05, 3.63) is 155 Å². The Balaban J connectivity index is 0.676.